The third-order valence-corrected chi connectivity index (χ3v) is 4.61. The number of carbonyl (C=O) groups is 1. The van der Waals surface area contributed by atoms with Gasteiger partial charge < -0.3 is 15.4 Å². The summed E-state index contributed by atoms with van der Waals surface area (Å²) >= 11 is 0. The molecule has 0 bridgehead atoms. The zero-order valence-corrected chi connectivity index (χ0v) is 16.2. The second-order valence-corrected chi connectivity index (χ2v) is 8.48. The van der Waals surface area contributed by atoms with E-state index < -0.39 is 9.84 Å². The zero-order valence-electron chi connectivity index (χ0n) is 14.6. The number of carbonyl (C=O) groups excluding carboxylic acids is 1. The van der Waals surface area contributed by atoms with Crippen molar-refractivity contribution >= 4 is 28.2 Å². The Morgan fingerprint density at radius 3 is 2.25 bits per heavy atom. The maximum Gasteiger partial charge on any atom is 0.225 e. The molecule has 1 aromatic rings. The van der Waals surface area contributed by atoms with Gasteiger partial charge >= 0.3 is 0 Å². The molecule has 0 radical (unpaired) electrons. The van der Waals surface area contributed by atoms with Crippen LogP contribution >= 0.6 is 12.4 Å². The maximum atomic E-state index is 12.0. The SMILES string of the molecule is CN(CC(C)(C)CN)C(=O)CCOc1ccc(S(C)(=O)=O)cc1.Cl. The maximum absolute atomic E-state index is 12.0. The Hall–Kier alpha value is -1.31. The van der Waals surface area contributed by atoms with Gasteiger partial charge in [0.15, 0.2) is 9.84 Å². The molecule has 1 amide bonds. The van der Waals surface area contributed by atoms with Gasteiger partial charge in [-0.05, 0) is 36.2 Å². The van der Waals surface area contributed by atoms with Crippen LogP contribution < -0.4 is 10.5 Å². The highest BCUT2D eigenvalue weighted by Gasteiger charge is 2.20. The fourth-order valence-electron chi connectivity index (χ4n) is 2.02. The van der Waals surface area contributed by atoms with Crippen LogP contribution in [-0.4, -0.2) is 52.2 Å². The lowest BCUT2D eigenvalue weighted by atomic mass is 9.93. The highest BCUT2D eigenvalue weighted by atomic mass is 35.5. The molecule has 0 unspecified atom stereocenters. The number of ether oxygens (including phenoxy) is 1. The minimum absolute atomic E-state index is 0. The first-order valence-corrected chi connectivity index (χ1v) is 9.31. The van der Waals surface area contributed by atoms with Crippen LogP contribution in [0, 0.1) is 5.41 Å². The molecule has 0 spiro atoms. The number of rotatable bonds is 8. The molecule has 1 aromatic carbocycles. The third-order valence-electron chi connectivity index (χ3n) is 3.48. The van der Waals surface area contributed by atoms with Gasteiger partial charge in [-0.25, -0.2) is 8.42 Å². The van der Waals surface area contributed by atoms with Gasteiger partial charge in [0, 0.05) is 19.8 Å². The van der Waals surface area contributed by atoms with E-state index in [2.05, 4.69) is 0 Å². The number of amides is 1. The number of hydrogen-bond acceptors (Lipinski definition) is 5. The average molecular weight is 379 g/mol. The predicted octanol–water partition coefficient (Wildman–Crippen LogP) is 1.72. The number of sulfone groups is 1. The van der Waals surface area contributed by atoms with Crippen molar-refractivity contribution in [2.45, 2.75) is 25.2 Å². The normalized spacial score (nSPS) is 11.5. The average Bonchev–Trinajstić information content (AvgIpc) is 2.46. The number of halogens is 1. The summed E-state index contributed by atoms with van der Waals surface area (Å²) in [4.78, 5) is 13.9. The van der Waals surface area contributed by atoms with Gasteiger partial charge in [0.25, 0.3) is 0 Å². The van der Waals surface area contributed by atoms with Crippen LogP contribution in [0.2, 0.25) is 0 Å². The van der Waals surface area contributed by atoms with Crippen molar-refractivity contribution in [3.63, 3.8) is 0 Å². The summed E-state index contributed by atoms with van der Waals surface area (Å²) in [7, 11) is -1.46. The second-order valence-electron chi connectivity index (χ2n) is 6.46. The summed E-state index contributed by atoms with van der Waals surface area (Å²) < 4.78 is 28.2. The Labute approximate surface area is 150 Å². The summed E-state index contributed by atoms with van der Waals surface area (Å²) in [5.41, 5.74) is 5.55. The molecule has 138 valence electrons. The topological polar surface area (TPSA) is 89.7 Å². The first-order valence-electron chi connectivity index (χ1n) is 7.42. The van der Waals surface area contributed by atoms with Gasteiger partial charge in [0.2, 0.25) is 5.91 Å². The molecule has 0 aliphatic heterocycles. The summed E-state index contributed by atoms with van der Waals surface area (Å²) in [6.45, 7) is 5.36. The quantitative estimate of drug-likeness (QED) is 0.743. The van der Waals surface area contributed by atoms with Crippen molar-refractivity contribution in [1.82, 2.24) is 4.90 Å². The van der Waals surface area contributed by atoms with E-state index in [9.17, 15) is 13.2 Å². The Bertz CT molecular complexity index is 630. The first kappa shape index (κ1) is 22.7. The molecule has 0 aromatic heterocycles. The molecule has 24 heavy (non-hydrogen) atoms. The Kier molecular flexibility index (Phi) is 8.74. The van der Waals surface area contributed by atoms with Crippen molar-refractivity contribution in [3.8, 4) is 5.75 Å². The van der Waals surface area contributed by atoms with E-state index in [4.69, 9.17) is 10.5 Å². The van der Waals surface area contributed by atoms with Crippen LogP contribution in [-0.2, 0) is 14.6 Å². The minimum Gasteiger partial charge on any atom is -0.493 e. The number of nitrogens with zero attached hydrogens (tertiary/aromatic N) is 1. The molecule has 0 saturated heterocycles. The molecular weight excluding hydrogens is 352 g/mol. The summed E-state index contributed by atoms with van der Waals surface area (Å²) in [6.07, 6.45) is 1.41. The van der Waals surface area contributed by atoms with Crippen molar-refractivity contribution in [2.75, 3.05) is 33.0 Å². The highest BCUT2D eigenvalue weighted by molar-refractivity contribution is 7.90. The van der Waals surface area contributed by atoms with E-state index in [1.807, 2.05) is 13.8 Å². The Morgan fingerprint density at radius 1 is 1.25 bits per heavy atom. The van der Waals surface area contributed by atoms with Crippen molar-refractivity contribution in [1.29, 1.82) is 0 Å². The van der Waals surface area contributed by atoms with E-state index in [1.165, 1.54) is 12.1 Å². The third kappa shape index (κ3) is 7.51. The van der Waals surface area contributed by atoms with Gasteiger partial charge in [0.05, 0.1) is 17.9 Å². The monoisotopic (exact) mass is 378 g/mol. The van der Waals surface area contributed by atoms with Gasteiger partial charge in [-0.3, -0.25) is 4.79 Å². The molecular formula is C16H27ClN2O4S. The number of benzene rings is 1. The molecule has 8 heteroatoms. The van der Waals surface area contributed by atoms with Crippen LogP contribution in [0.1, 0.15) is 20.3 Å². The molecule has 6 nitrogen and oxygen atoms in total. The van der Waals surface area contributed by atoms with Crippen LogP contribution in [0.4, 0.5) is 0 Å². The van der Waals surface area contributed by atoms with Gasteiger partial charge in [-0.15, -0.1) is 12.4 Å². The van der Waals surface area contributed by atoms with E-state index in [-0.39, 0.29) is 41.7 Å². The molecule has 0 heterocycles. The molecule has 0 aliphatic carbocycles. The van der Waals surface area contributed by atoms with Gasteiger partial charge in [0.1, 0.15) is 5.75 Å². The molecule has 0 saturated carbocycles. The highest BCUT2D eigenvalue weighted by Crippen LogP contribution is 2.17. The lowest BCUT2D eigenvalue weighted by molar-refractivity contribution is -0.131. The number of hydrogen-bond donors (Lipinski definition) is 1. The minimum atomic E-state index is -3.21. The largest absolute Gasteiger partial charge is 0.493 e. The fourth-order valence-corrected chi connectivity index (χ4v) is 2.66. The van der Waals surface area contributed by atoms with Gasteiger partial charge in [-0.2, -0.15) is 0 Å². The molecule has 0 aliphatic rings. The molecule has 1 rings (SSSR count). The summed E-state index contributed by atoms with van der Waals surface area (Å²) in [6, 6.07) is 6.15. The summed E-state index contributed by atoms with van der Waals surface area (Å²) in [5, 5.41) is 0. The molecule has 2 N–H and O–H groups in total. The van der Waals surface area contributed by atoms with Crippen molar-refractivity contribution in [2.24, 2.45) is 11.1 Å². The lowest BCUT2D eigenvalue weighted by Gasteiger charge is -2.29. The molecule has 0 atom stereocenters. The number of nitrogens with two attached hydrogens (primary N) is 1. The van der Waals surface area contributed by atoms with Gasteiger partial charge in [-0.1, -0.05) is 13.8 Å². The first-order chi connectivity index (χ1) is 10.5. The lowest BCUT2D eigenvalue weighted by Crippen LogP contribution is -2.40. The van der Waals surface area contributed by atoms with Crippen LogP contribution in [0.5, 0.6) is 5.75 Å². The standard InChI is InChI=1S/C16H26N2O4S.ClH/c1-16(2,11-17)12-18(3)15(19)9-10-22-13-5-7-14(8-6-13)23(4,20)21;/h5-8H,9-12,17H2,1-4H3;1H. The van der Waals surface area contributed by atoms with Crippen LogP contribution in [0.3, 0.4) is 0 Å². The predicted molar refractivity (Wildman–Crippen MR) is 97.4 cm³/mol. The zero-order chi connectivity index (χ0) is 17.7. The Morgan fingerprint density at radius 2 is 1.79 bits per heavy atom. The Balaban J connectivity index is 0.00000529. The van der Waals surface area contributed by atoms with E-state index in [0.717, 1.165) is 6.26 Å². The van der Waals surface area contributed by atoms with E-state index >= 15 is 0 Å². The smallest absolute Gasteiger partial charge is 0.225 e. The van der Waals surface area contributed by atoms with E-state index in [0.29, 0.717) is 18.8 Å². The van der Waals surface area contributed by atoms with Crippen molar-refractivity contribution in [3.05, 3.63) is 24.3 Å². The molecule has 0 fully saturated rings. The van der Waals surface area contributed by atoms with Crippen molar-refractivity contribution < 1.29 is 17.9 Å². The van der Waals surface area contributed by atoms with E-state index in [1.54, 1.807) is 24.1 Å². The van der Waals surface area contributed by atoms with Crippen LogP contribution in [0.25, 0.3) is 0 Å². The fraction of sp³-hybridized carbons (Fsp3) is 0.562. The van der Waals surface area contributed by atoms with Crippen LogP contribution in [0.15, 0.2) is 29.2 Å². The summed E-state index contributed by atoms with van der Waals surface area (Å²) in [5.74, 6) is 0.523. The second kappa shape index (κ2) is 9.25.